The van der Waals surface area contributed by atoms with Crippen LogP contribution in [0, 0.1) is 0 Å². The van der Waals surface area contributed by atoms with Crippen molar-refractivity contribution in [3.05, 3.63) is 69.7 Å². The Morgan fingerprint density at radius 1 is 1.14 bits per heavy atom. The maximum Gasteiger partial charge on any atom is 0.271 e. The molecule has 3 nitrogen and oxygen atoms in total. The van der Waals surface area contributed by atoms with E-state index in [4.69, 9.17) is 0 Å². The van der Waals surface area contributed by atoms with Gasteiger partial charge in [0, 0.05) is 10.0 Å². The number of carbonyl (C=O) groups excluding carboxylic acids is 1. The highest BCUT2D eigenvalue weighted by Gasteiger charge is 2.05. The van der Waals surface area contributed by atoms with Gasteiger partial charge in [0.25, 0.3) is 5.91 Å². The summed E-state index contributed by atoms with van der Waals surface area (Å²) in [6.07, 6.45) is 2.21. The van der Waals surface area contributed by atoms with Crippen LogP contribution in [0.4, 0.5) is 0 Å². The van der Waals surface area contributed by atoms with Crippen molar-refractivity contribution in [3.63, 3.8) is 0 Å². The molecular weight excluding hydrogens is 340 g/mol. The summed E-state index contributed by atoms with van der Waals surface area (Å²) in [7, 11) is 0. The van der Waals surface area contributed by atoms with Crippen LogP contribution in [0.2, 0.25) is 0 Å². The van der Waals surface area contributed by atoms with Gasteiger partial charge in [-0.3, -0.25) is 4.79 Å². The molecule has 2 rings (SSSR count). The molecule has 2 aromatic carbocycles. The summed E-state index contributed by atoms with van der Waals surface area (Å²) in [5.41, 5.74) is 6.28. The minimum absolute atomic E-state index is 0.219. The lowest BCUT2D eigenvalue weighted by Crippen LogP contribution is -2.19. The van der Waals surface area contributed by atoms with E-state index in [1.54, 1.807) is 12.1 Å². The molecule has 0 atom stereocenters. The van der Waals surface area contributed by atoms with Crippen molar-refractivity contribution in [2.24, 2.45) is 5.10 Å². The molecule has 0 heterocycles. The third-order valence-corrected chi connectivity index (χ3v) is 3.82. The third-order valence-electron chi connectivity index (χ3n) is 3.32. The maximum atomic E-state index is 12.0. The van der Waals surface area contributed by atoms with Crippen LogP contribution in [0.1, 0.15) is 41.8 Å². The second-order valence-electron chi connectivity index (χ2n) is 5.10. The Labute approximate surface area is 139 Å². The Morgan fingerprint density at radius 2 is 1.86 bits per heavy atom. The zero-order valence-electron chi connectivity index (χ0n) is 12.8. The monoisotopic (exact) mass is 358 g/mol. The molecule has 0 aliphatic heterocycles. The molecule has 0 radical (unpaired) electrons. The summed E-state index contributed by atoms with van der Waals surface area (Å²) in [5, 5.41) is 4.18. The lowest BCUT2D eigenvalue weighted by Gasteiger charge is -2.05. The average molecular weight is 359 g/mol. The van der Waals surface area contributed by atoms with E-state index in [0.717, 1.165) is 28.6 Å². The Hall–Kier alpha value is -1.94. The highest BCUT2D eigenvalue weighted by molar-refractivity contribution is 9.10. The SMILES string of the molecule is CCCc1ccc(/C(C)=N/NC(=O)c2cccc(Br)c2)cc1. The van der Waals surface area contributed by atoms with Crippen molar-refractivity contribution in [1.82, 2.24) is 5.43 Å². The summed E-state index contributed by atoms with van der Waals surface area (Å²) >= 11 is 3.35. The highest BCUT2D eigenvalue weighted by Crippen LogP contribution is 2.11. The summed E-state index contributed by atoms with van der Waals surface area (Å²) in [6.45, 7) is 4.05. The van der Waals surface area contributed by atoms with E-state index in [0.29, 0.717) is 5.56 Å². The van der Waals surface area contributed by atoms with Crippen LogP contribution in [-0.2, 0) is 6.42 Å². The minimum Gasteiger partial charge on any atom is -0.267 e. The van der Waals surface area contributed by atoms with E-state index < -0.39 is 0 Å². The van der Waals surface area contributed by atoms with Gasteiger partial charge >= 0.3 is 0 Å². The maximum absolute atomic E-state index is 12.0. The number of hydrazone groups is 1. The van der Waals surface area contributed by atoms with Crippen molar-refractivity contribution in [1.29, 1.82) is 0 Å². The zero-order chi connectivity index (χ0) is 15.9. The Kier molecular flexibility index (Phi) is 5.90. The molecular formula is C18H19BrN2O. The highest BCUT2D eigenvalue weighted by atomic mass is 79.9. The van der Waals surface area contributed by atoms with Crippen LogP contribution < -0.4 is 5.43 Å². The number of nitrogens with zero attached hydrogens (tertiary/aromatic N) is 1. The van der Waals surface area contributed by atoms with Crippen molar-refractivity contribution in [2.75, 3.05) is 0 Å². The van der Waals surface area contributed by atoms with Crippen molar-refractivity contribution >= 4 is 27.5 Å². The van der Waals surface area contributed by atoms with E-state index in [2.05, 4.69) is 45.5 Å². The van der Waals surface area contributed by atoms with Gasteiger partial charge in [0.1, 0.15) is 0 Å². The molecule has 0 saturated heterocycles. The number of benzene rings is 2. The zero-order valence-corrected chi connectivity index (χ0v) is 14.4. The fraction of sp³-hybridized carbons (Fsp3) is 0.222. The average Bonchev–Trinajstić information content (AvgIpc) is 2.53. The predicted molar refractivity (Wildman–Crippen MR) is 94.3 cm³/mol. The van der Waals surface area contributed by atoms with E-state index in [9.17, 15) is 4.79 Å². The lowest BCUT2D eigenvalue weighted by molar-refractivity contribution is 0.0955. The van der Waals surface area contributed by atoms with Crippen LogP contribution >= 0.6 is 15.9 Å². The number of rotatable bonds is 5. The molecule has 0 saturated carbocycles. The largest absolute Gasteiger partial charge is 0.271 e. The molecule has 1 amide bonds. The molecule has 0 spiro atoms. The molecule has 1 N–H and O–H groups in total. The molecule has 0 aromatic heterocycles. The first-order valence-corrected chi connectivity index (χ1v) is 8.09. The number of nitrogens with one attached hydrogen (secondary N) is 1. The number of amides is 1. The van der Waals surface area contributed by atoms with Crippen molar-refractivity contribution < 1.29 is 4.79 Å². The van der Waals surface area contributed by atoms with Crippen LogP contribution in [0.3, 0.4) is 0 Å². The molecule has 0 fully saturated rings. The minimum atomic E-state index is -0.219. The van der Waals surface area contributed by atoms with E-state index in [1.165, 1.54) is 5.56 Å². The standard InChI is InChI=1S/C18H19BrN2O/c1-3-5-14-8-10-15(11-9-14)13(2)20-21-18(22)16-6-4-7-17(19)12-16/h4,6-12H,3,5H2,1-2H3,(H,21,22)/b20-13+. The number of aryl methyl sites for hydroxylation is 1. The Balaban J connectivity index is 2.04. The Bertz CT molecular complexity index is 678. The van der Waals surface area contributed by atoms with Crippen molar-refractivity contribution in [2.45, 2.75) is 26.7 Å². The van der Waals surface area contributed by atoms with E-state index >= 15 is 0 Å². The fourth-order valence-electron chi connectivity index (χ4n) is 2.09. The lowest BCUT2D eigenvalue weighted by atomic mass is 10.1. The normalized spacial score (nSPS) is 11.3. The van der Waals surface area contributed by atoms with Gasteiger partial charge in [-0.1, -0.05) is 59.6 Å². The number of carbonyl (C=O) groups is 1. The molecule has 2 aromatic rings. The molecule has 0 aliphatic carbocycles. The summed E-state index contributed by atoms with van der Waals surface area (Å²) in [5.74, 6) is -0.219. The number of halogens is 1. The van der Waals surface area contributed by atoms with Gasteiger partial charge < -0.3 is 0 Å². The molecule has 0 bridgehead atoms. The number of hydrogen-bond donors (Lipinski definition) is 1. The molecule has 0 unspecified atom stereocenters. The van der Waals surface area contributed by atoms with Crippen LogP contribution in [-0.4, -0.2) is 11.6 Å². The Morgan fingerprint density at radius 3 is 2.50 bits per heavy atom. The second kappa shape index (κ2) is 7.90. The van der Waals surface area contributed by atoms with Crippen LogP contribution in [0.5, 0.6) is 0 Å². The van der Waals surface area contributed by atoms with Crippen LogP contribution in [0.25, 0.3) is 0 Å². The number of hydrogen-bond acceptors (Lipinski definition) is 2. The molecule has 4 heteroatoms. The van der Waals surface area contributed by atoms with Gasteiger partial charge in [-0.2, -0.15) is 5.10 Å². The summed E-state index contributed by atoms with van der Waals surface area (Å²) in [6, 6.07) is 15.5. The molecule has 22 heavy (non-hydrogen) atoms. The van der Waals surface area contributed by atoms with Gasteiger partial charge in [0.2, 0.25) is 0 Å². The fourth-order valence-corrected chi connectivity index (χ4v) is 2.49. The van der Waals surface area contributed by atoms with Crippen LogP contribution in [0.15, 0.2) is 58.1 Å². The van der Waals surface area contributed by atoms with Gasteiger partial charge in [-0.05, 0) is 42.7 Å². The van der Waals surface area contributed by atoms with Gasteiger partial charge in [0.15, 0.2) is 0 Å². The topological polar surface area (TPSA) is 41.5 Å². The first-order chi connectivity index (χ1) is 10.6. The second-order valence-corrected chi connectivity index (χ2v) is 6.01. The predicted octanol–water partition coefficient (Wildman–Crippen LogP) is 4.56. The summed E-state index contributed by atoms with van der Waals surface area (Å²) in [4.78, 5) is 12.0. The first-order valence-electron chi connectivity index (χ1n) is 7.29. The van der Waals surface area contributed by atoms with E-state index in [-0.39, 0.29) is 5.91 Å². The smallest absolute Gasteiger partial charge is 0.267 e. The molecule has 0 aliphatic rings. The molecule has 114 valence electrons. The first kappa shape index (κ1) is 16.4. The quantitative estimate of drug-likeness (QED) is 0.617. The van der Waals surface area contributed by atoms with Crippen molar-refractivity contribution in [3.8, 4) is 0 Å². The van der Waals surface area contributed by atoms with Gasteiger partial charge in [-0.15, -0.1) is 0 Å². The van der Waals surface area contributed by atoms with E-state index in [1.807, 2.05) is 31.2 Å². The van der Waals surface area contributed by atoms with Gasteiger partial charge in [0.05, 0.1) is 5.71 Å². The summed E-state index contributed by atoms with van der Waals surface area (Å²) < 4.78 is 0.868. The third kappa shape index (κ3) is 4.53. The van der Waals surface area contributed by atoms with Gasteiger partial charge in [-0.25, -0.2) is 5.43 Å².